The minimum atomic E-state index is 0.133. The first kappa shape index (κ1) is 14.7. The van der Waals surface area contributed by atoms with Crippen LogP contribution >= 0.6 is 15.9 Å². The Labute approximate surface area is 112 Å². The van der Waals surface area contributed by atoms with Crippen molar-refractivity contribution in [1.82, 2.24) is 0 Å². The van der Waals surface area contributed by atoms with E-state index in [4.69, 9.17) is 4.43 Å². The lowest BCUT2D eigenvalue weighted by molar-refractivity contribution is -0.115. The van der Waals surface area contributed by atoms with E-state index in [1.54, 1.807) is 0 Å². The molecule has 0 saturated heterocycles. The predicted octanol–water partition coefficient (Wildman–Crippen LogP) is 3.43. The number of halogens is 1. The lowest BCUT2D eigenvalue weighted by Crippen LogP contribution is -2.59. The fourth-order valence-electron chi connectivity index (χ4n) is 4.12. The van der Waals surface area contributed by atoms with Gasteiger partial charge in [-0.1, -0.05) is 43.6 Å². The molecular weight excluding hydrogens is 280 g/mol. The lowest BCUT2D eigenvalue weighted by Gasteiger charge is -2.58. The molecule has 1 aliphatic carbocycles. The van der Waals surface area contributed by atoms with Crippen LogP contribution in [0.15, 0.2) is 0 Å². The predicted molar refractivity (Wildman–Crippen MR) is 78.2 cm³/mol. The van der Waals surface area contributed by atoms with Gasteiger partial charge in [0.15, 0.2) is 0 Å². The van der Waals surface area contributed by atoms with Gasteiger partial charge in [0.05, 0.1) is 5.60 Å². The van der Waals surface area contributed by atoms with Crippen LogP contribution in [0, 0.1) is 11.3 Å². The highest BCUT2D eigenvalue weighted by molar-refractivity contribution is 9.09. The van der Waals surface area contributed by atoms with Gasteiger partial charge in [0.2, 0.25) is 0 Å². The number of alkyl halides is 1. The van der Waals surface area contributed by atoms with Crippen molar-refractivity contribution in [3.63, 3.8) is 0 Å². The topological polar surface area (TPSA) is 9.23 Å². The molecule has 16 heavy (non-hydrogen) atoms. The highest BCUT2D eigenvalue weighted by Crippen LogP contribution is 2.57. The van der Waals surface area contributed by atoms with Gasteiger partial charge in [0.1, 0.15) is 10.5 Å². The lowest BCUT2D eigenvalue weighted by atomic mass is 9.55. The third-order valence-electron chi connectivity index (χ3n) is 5.02. The zero-order chi connectivity index (χ0) is 12.4. The van der Waals surface area contributed by atoms with Gasteiger partial charge in [-0.3, -0.25) is 0 Å². The van der Waals surface area contributed by atoms with E-state index < -0.39 is 0 Å². The highest BCUT2D eigenvalue weighted by Gasteiger charge is 2.56. The van der Waals surface area contributed by atoms with Crippen LogP contribution < -0.4 is 0 Å². The summed E-state index contributed by atoms with van der Waals surface area (Å²) in [6.07, 6.45) is 6.24. The van der Waals surface area contributed by atoms with Crippen LogP contribution in [0.25, 0.3) is 0 Å². The summed E-state index contributed by atoms with van der Waals surface area (Å²) in [5, 5.41) is 0. The van der Waals surface area contributed by atoms with E-state index in [1.165, 1.54) is 25.7 Å². The van der Waals surface area contributed by atoms with Crippen molar-refractivity contribution in [2.75, 3.05) is 0 Å². The molecule has 3 unspecified atom stereocenters. The minimum absolute atomic E-state index is 0.133. The third-order valence-corrected chi connectivity index (χ3v) is 7.08. The Morgan fingerprint density at radius 1 is 1.38 bits per heavy atom. The van der Waals surface area contributed by atoms with Crippen molar-refractivity contribution < 1.29 is 4.43 Å². The first-order valence-electron chi connectivity index (χ1n) is 6.70. The first-order valence-corrected chi connectivity index (χ1v) is 8.43. The summed E-state index contributed by atoms with van der Waals surface area (Å²) in [4.78, 5) is 0.618. The molecular formula is C13H27BrOSi. The van der Waals surface area contributed by atoms with Gasteiger partial charge in [-0.15, -0.1) is 0 Å². The van der Waals surface area contributed by atoms with Crippen molar-refractivity contribution in [2.45, 2.75) is 70.2 Å². The van der Waals surface area contributed by atoms with Crippen molar-refractivity contribution in [2.24, 2.45) is 11.3 Å². The summed E-state index contributed by atoms with van der Waals surface area (Å²) in [6.45, 7) is 9.38. The third kappa shape index (κ3) is 1.93. The Kier molecular flexibility index (Phi) is 5.09. The summed E-state index contributed by atoms with van der Waals surface area (Å²) in [5.41, 5.74) is 0.455. The van der Waals surface area contributed by atoms with Crippen LogP contribution in [0.3, 0.4) is 0 Å². The Bertz CT molecular complexity index is 228. The maximum atomic E-state index is 6.18. The minimum Gasteiger partial charge on any atom is -0.422 e. The van der Waals surface area contributed by atoms with Crippen LogP contribution in [-0.2, 0) is 4.43 Å². The van der Waals surface area contributed by atoms with Gasteiger partial charge in [-0.25, -0.2) is 0 Å². The molecule has 3 heteroatoms. The molecule has 1 nitrogen and oxygen atoms in total. The van der Waals surface area contributed by atoms with Crippen molar-refractivity contribution in [1.29, 1.82) is 0 Å². The molecule has 96 valence electrons. The van der Waals surface area contributed by atoms with Crippen molar-refractivity contribution >= 4 is 26.4 Å². The van der Waals surface area contributed by atoms with E-state index in [-0.39, 0.29) is 5.60 Å². The number of hydrogen-bond donors (Lipinski definition) is 0. The van der Waals surface area contributed by atoms with Gasteiger partial charge < -0.3 is 4.43 Å². The van der Waals surface area contributed by atoms with Gasteiger partial charge in [0.25, 0.3) is 0 Å². The second-order valence-corrected chi connectivity index (χ2v) is 6.97. The molecule has 0 bridgehead atoms. The molecule has 1 rings (SSSR count). The van der Waals surface area contributed by atoms with Crippen molar-refractivity contribution in [3.05, 3.63) is 0 Å². The molecule has 0 aliphatic heterocycles. The molecule has 1 fully saturated rings. The molecule has 0 spiro atoms. The largest absolute Gasteiger partial charge is 0.422 e. The second kappa shape index (κ2) is 5.53. The van der Waals surface area contributed by atoms with E-state index in [2.05, 4.69) is 43.6 Å². The van der Waals surface area contributed by atoms with E-state index in [0.29, 0.717) is 16.2 Å². The fraction of sp³-hybridized carbons (Fsp3) is 1.00. The second-order valence-electron chi connectivity index (χ2n) is 5.46. The Hall–Kier alpha value is 0.657. The standard InChI is InChI=1S/C13H27BrOSi/c1-5-12(15-16)9-7-8-11(14)13(12,6-2)10(3)4/h10-11H,5-9H2,1-4,16H3. The molecule has 0 N–H and O–H groups in total. The zero-order valence-corrected chi connectivity index (χ0v) is 15.1. The smallest absolute Gasteiger partial charge is 0.146 e. The molecule has 0 radical (unpaired) electrons. The Morgan fingerprint density at radius 3 is 2.31 bits per heavy atom. The van der Waals surface area contributed by atoms with E-state index in [1.807, 2.05) is 0 Å². The SMILES string of the molecule is CCC1(O[SiH3])CCCC(Br)C1(CC)C(C)C. The van der Waals surface area contributed by atoms with Gasteiger partial charge in [-0.2, -0.15) is 0 Å². The van der Waals surface area contributed by atoms with Crippen LogP contribution in [-0.4, -0.2) is 20.9 Å². The van der Waals surface area contributed by atoms with Gasteiger partial charge in [-0.05, 0) is 38.0 Å². The molecule has 0 aromatic carbocycles. The zero-order valence-electron chi connectivity index (χ0n) is 11.5. The summed E-state index contributed by atoms with van der Waals surface area (Å²) < 4.78 is 6.18. The molecule has 0 aromatic rings. The first-order chi connectivity index (χ1) is 7.50. The molecule has 1 aliphatic rings. The van der Waals surface area contributed by atoms with Crippen LogP contribution in [0.1, 0.15) is 59.8 Å². The summed E-state index contributed by atoms with van der Waals surface area (Å²) in [7, 11) is 0.855. The summed E-state index contributed by atoms with van der Waals surface area (Å²) in [6, 6.07) is 0. The Balaban J connectivity index is 3.21. The van der Waals surface area contributed by atoms with Crippen LogP contribution in [0.4, 0.5) is 0 Å². The average Bonchev–Trinajstić information content (AvgIpc) is 2.28. The average molecular weight is 307 g/mol. The van der Waals surface area contributed by atoms with E-state index in [9.17, 15) is 0 Å². The normalized spacial score (nSPS) is 40.5. The van der Waals surface area contributed by atoms with Gasteiger partial charge in [0, 0.05) is 10.2 Å². The van der Waals surface area contributed by atoms with E-state index >= 15 is 0 Å². The maximum Gasteiger partial charge on any atom is 0.146 e. The quantitative estimate of drug-likeness (QED) is 0.571. The Morgan fingerprint density at radius 2 is 2.00 bits per heavy atom. The molecule has 1 saturated carbocycles. The maximum absolute atomic E-state index is 6.18. The fourth-order valence-corrected chi connectivity index (χ4v) is 6.59. The monoisotopic (exact) mass is 306 g/mol. The summed E-state index contributed by atoms with van der Waals surface area (Å²) >= 11 is 3.97. The highest BCUT2D eigenvalue weighted by atomic mass is 79.9. The summed E-state index contributed by atoms with van der Waals surface area (Å²) in [5.74, 6) is 0.677. The van der Waals surface area contributed by atoms with Crippen LogP contribution in [0.5, 0.6) is 0 Å². The number of rotatable bonds is 4. The number of hydrogen-bond acceptors (Lipinski definition) is 1. The van der Waals surface area contributed by atoms with Crippen molar-refractivity contribution in [3.8, 4) is 0 Å². The molecule has 0 heterocycles. The molecule has 3 atom stereocenters. The van der Waals surface area contributed by atoms with E-state index in [0.717, 1.165) is 16.9 Å². The van der Waals surface area contributed by atoms with Crippen LogP contribution in [0.2, 0.25) is 0 Å². The molecule has 0 aromatic heterocycles. The molecule has 0 amide bonds. The van der Waals surface area contributed by atoms with Gasteiger partial charge >= 0.3 is 0 Å².